The van der Waals surface area contributed by atoms with Crippen molar-refractivity contribution in [1.82, 2.24) is 5.32 Å². The molecule has 3 nitrogen and oxygen atoms in total. The molecular formula is C13H20N2O. The molecule has 1 unspecified atom stereocenters. The molecule has 0 aliphatic rings. The number of carbonyl (C=O) groups is 1. The summed E-state index contributed by atoms with van der Waals surface area (Å²) in [6.07, 6.45) is 0.335. The first-order valence-corrected chi connectivity index (χ1v) is 5.49. The van der Waals surface area contributed by atoms with Gasteiger partial charge in [0.05, 0.1) is 0 Å². The third-order valence-electron chi connectivity index (χ3n) is 2.84. The third-order valence-corrected chi connectivity index (χ3v) is 2.84. The Balaban J connectivity index is 3.14. The lowest BCUT2D eigenvalue weighted by molar-refractivity contribution is -0.118. The SMILES string of the molecule is CNC(CC(N)=O)c1c(C)cc(C)cc1C. The van der Waals surface area contributed by atoms with Crippen molar-refractivity contribution in [3.8, 4) is 0 Å². The second-order valence-electron chi connectivity index (χ2n) is 4.32. The van der Waals surface area contributed by atoms with E-state index < -0.39 is 0 Å². The second kappa shape index (κ2) is 5.12. The topological polar surface area (TPSA) is 55.1 Å². The quantitative estimate of drug-likeness (QED) is 0.812. The molecule has 0 heterocycles. The average Bonchev–Trinajstić information content (AvgIpc) is 2.13. The Kier molecular flexibility index (Phi) is 4.07. The monoisotopic (exact) mass is 220 g/mol. The molecule has 1 atom stereocenters. The van der Waals surface area contributed by atoms with E-state index in [2.05, 4.69) is 38.2 Å². The molecule has 1 aromatic rings. The highest BCUT2D eigenvalue weighted by atomic mass is 16.1. The number of primary amides is 1. The lowest BCUT2D eigenvalue weighted by Gasteiger charge is -2.20. The van der Waals surface area contributed by atoms with Gasteiger partial charge in [-0.3, -0.25) is 4.79 Å². The predicted molar refractivity (Wildman–Crippen MR) is 66.3 cm³/mol. The van der Waals surface area contributed by atoms with Crippen LogP contribution in [0.1, 0.15) is 34.7 Å². The fourth-order valence-electron chi connectivity index (χ4n) is 2.29. The Labute approximate surface area is 97.0 Å². The van der Waals surface area contributed by atoms with Crippen molar-refractivity contribution in [2.45, 2.75) is 33.2 Å². The van der Waals surface area contributed by atoms with Crippen LogP contribution in [0.25, 0.3) is 0 Å². The van der Waals surface area contributed by atoms with Gasteiger partial charge >= 0.3 is 0 Å². The molecule has 1 rings (SSSR count). The molecule has 3 heteroatoms. The predicted octanol–water partition coefficient (Wildman–Crippen LogP) is 1.75. The molecule has 0 saturated heterocycles. The Bertz CT molecular complexity index is 376. The van der Waals surface area contributed by atoms with Gasteiger partial charge in [-0.15, -0.1) is 0 Å². The first kappa shape index (κ1) is 12.7. The number of hydrogen-bond donors (Lipinski definition) is 2. The number of benzene rings is 1. The van der Waals surface area contributed by atoms with E-state index >= 15 is 0 Å². The largest absolute Gasteiger partial charge is 0.370 e. The molecule has 0 aliphatic heterocycles. The smallest absolute Gasteiger partial charge is 0.219 e. The maximum atomic E-state index is 11.0. The van der Waals surface area contributed by atoms with Crippen LogP contribution in [0.2, 0.25) is 0 Å². The van der Waals surface area contributed by atoms with E-state index in [0.717, 1.165) is 0 Å². The lowest BCUT2D eigenvalue weighted by atomic mass is 9.92. The molecule has 0 spiro atoms. The number of amides is 1. The summed E-state index contributed by atoms with van der Waals surface area (Å²) in [6, 6.07) is 4.28. The molecule has 0 aromatic heterocycles. The summed E-state index contributed by atoms with van der Waals surface area (Å²) < 4.78 is 0. The molecular weight excluding hydrogens is 200 g/mol. The van der Waals surface area contributed by atoms with Gasteiger partial charge in [-0.25, -0.2) is 0 Å². The average molecular weight is 220 g/mol. The van der Waals surface area contributed by atoms with Crippen molar-refractivity contribution in [3.05, 3.63) is 34.4 Å². The summed E-state index contributed by atoms with van der Waals surface area (Å²) in [5.74, 6) is -0.279. The molecule has 0 aliphatic carbocycles. The van der Waals surface area contributed by atoms with Crippen LogP contribution in [0, 0.1) is 20.8 Å². The van der Waals surface area contributed by atoms with E-state index in [0.29, 0.717) is 6.42 Å². The van der Waals surface area contributed by atoms with Crippen molar-refractivity contribution < 1.29 is 4.79 Å². The van der Waals surface area contributed by atoms with Gasteiger partial charge in [-0.2, -0.15) is 0 Å². The summed E-state index contributed by atoms with van der Waals surface area (Å²) in [5.41, 5.74) is 10.1. The minimum absolute atomic E-state index is 0.0121. The number of hydrogen-bond acceptors (Lipinski definition) is 2. The Morgan fingerprint density at radius 1 is 1.31 bits per heavy atom. The minimum Gasteiger partial charge on any atom is -0.370 e. The summed E-state index contributed by atoms with van der Waals surface area (Å²) in [5, 5.41) is 3.15. The van der Waals surface area contributed by atoms with E-state index in [9.17, 15) is 4.79 Å². The van der Waals surface area contributed by atoms with Crippen molar-refractivity contribution in [3.63, 3.8) is 0 Å². The Morgan fingerprint density at radius 3 is 2.19 bits per heavy atom. The Morgan fingerprint density at radius 2 is 1.81 bits per heavy atom. The van der Waals surface area contributed by atoms with Crippen molar-refractivity contribution in [2.24, 2.45) is 5.73 Å². The van der Waals surface area contributed by atoms with Gasteiger partial charge in [0.25, 0.3) is 0 Å². The highest BCUT2D eigenvalue weighted by molar-refractivity contribution is 5.74. The van der Waals surface area contributed by atoms with E-state index in [-0.39, 0.29) is 11.9 Å². The zero-order chi connectivity index (χ0) is 12.3. The van der Waals surface area contributed by atoms with Gasteiger partial charge < -0.3 is 11.1 Å². The zero-order valence-electron chi connectivity index (χ0n) is 10.4. The number of nitrogens with two attached hydrogens (primary N) is 1. The number of rotatable bonds is 4. The third kappa shape index (κ3) is 2.83. The van der Waals surface area contributed by atoms with Crippen LogP contribution < -0.4 is 11.1 Å². The molecule has 1 aromatic carbocycles. The van der Waals surface area contributed by atoms with Crippen molar-refractivity contribution in [2.75, 3.05) is 7.05 Å². The first-order valence-electron chi connectivity index (χ1n) is 5.49. The maximum Gasteiger partial charge on any atom is 0.219 e. The number of nitrogens with one attached hydrogen (secondary N) is 1. The number of carbonyl (C=O) groups excluding carboxylic acids is 1. The molecule has 0 fully saturated rings. The summed E-state index contributed by atoms with van der Waals surface area (Å²) in [6.45, 7) is 6.22. The van der Waals surface area contributed by atoms with Crippen LogP contribution in [0.5, 0.6) is 0 Å². The van der Waals surface area contributed by atoms with Crippen LogP contribution >= 0.6 is 0 Å². The van der Waals surface area contributed by atoms with Crippen LogP contribution in [0.15, 0.2) is 12.1 Å². The maximum absolute atomic E-state index is 11.0. The van der Waals surface area contributed by atoms with E-state index in [1.807, 2.05) is 7.05 Å². The van der Waals surface area contributed by atoms with Crippen LogP contribution in [-0.2, 0) is 4.79 Å². The molecule has 0 bridgehead atoms. The van der Waals surface area contributed by atoms with Gasteiger partial charge in [-0.1, -0.05) is 17.7 Å². The van der Waals surface area contributed by atoms with Gasteiger partial charge in [0.2, 0.25) is 5.91 Å². The van der Waals surface area contributed by atoms with Gasteiger partial charge in [0, 0.05) is 12.5 Å². The van der Waals surface area contributed by atoms with E-state index in [4.69, 9.17) is 5.73 Å². The summed E-state index contributed by atoms with van der Waals surface area (Å²) in [7, 11) is 1.85. The Hall–Kier alpha value is -1.35. The van der Waals surface area contributed by atoms with Crippen LogP contribution in [0.3, 0.4) is 0 Å². The van der Waals surface area contributed by atoms with Crippen LogP contribution in [0.4, 0.5) is 0 Å². The highest BCUT2D eigenvalue weighted by Gasteiger charge is 2.16. The van der Waals surface area contributed by atoms with Gasteiger partial charge in [0.15, 0.2) is 0 Å². The fourth-order valence-corrected chi connectivity index (χ4v) is 2.29. The number of aryl methyl sites for hydroxylation is 3. The fraction of sp³-hybridized carbons (Fsp3) is 0.462. The summed E-state index contributed by atoms with van der Waals surface area (Å²) >= 11 is 0. The first-order chi connectivity index (χ1) is 7.45. The van der Waals surface area contributed by atoms with Crippen LogP contribution in [-0.4, -0.2) is 13.0 Å². The molecule has 16 heavy (non-hydrogen) atoms. The van der Waals surface area contributed by atoms with Crippen molar-refractivity contribution in [1.29, 1.82) is 0 Å². The highest BCUT2D eigenvalue weighted by Crippen LogP contribution is 2.25. The molecule has 0 radical (unpaired) electrons. The standard InChI is InChI=1S/C13H20N2O/c1-8-5-9(2)13(10(3)6-8)11(15-4)7-12(14)16/h5-6,11,15H,7H2,1-4H3,(H2,14,16). The van der Waals surface area contributed by atoms with E-state index in [1.165, 1.54) is 22.3 Å². The molecule has 3 N–H and O–H groups in total. The molecule has 0 saturated carbocycles. The molecule has 88 valence electrons. The van der Waals surface area contributed by atoms with Gasteiger partial charge in [0.1, 0.15) is 0 Å². The second-order valence-corrected chi connectivity index (χ2v) is 4.32. The minimum atomic E-state index is -0.279. The normalized spacial score (nSPS) is 12.5. The zero-order valence-corrected chi connectivity index (χ0v) is 10.4. The lowest BCUT2D eigenvalue weighted by Crippen LogP contribution is -2.25. The van der Waals surface area contributed by atoms with Gasteiger partial charge in [-0.05, 0) is 44.5 Å². The van der Waals surface area contributed by atoms with E-state index in [1.54, 1.807) is 0 Å². The summed E-state index contributed by atoms with van der Waals surface area (Å²) in [4.78, 5) is 11.0. The molecule has 1 amide bonds. The van der Waals surface area contributed by atoms with Crippen molar-refractivity contribution >= 4 is 5.91 Å².